The Bertz CT molecular complexity index is 132. The van der Waals surface area contributed by atoms with Crippen LogP contribution in [0.15, 0.2) is 0 Å². The molecule has 1 aliphatic carbocycles. The molecule has 0 spiro atoms. The maximum absolute atomic E-state index is 2.46. The third kappa shape index (κ3) is 1.32. The van der Waals surface area contributed by atoms with Crippen molar-refractivity contribution in [1.29, 1.82) is 0 Å². The third-order valence-corrected chi connectivity index (χ3v) is 3.73. The second-order valence-electron chi connectivity index (χ2n) is 4.96. The highest BCUT2D eigenvalue weighted by atomic mass is 14.5. The molecule has 0 heterocycles. The fourth-order valence-electron chi connectivity index (χ4n) is 3.37. The van der Waals surface area contributed by atoms with Crippen LogP contribution in [0.2, 0.25) is 0 Å². The molecule has 0 aromatic heterocycles. The SMILES string of the molecule is CCC1(C)CC(C)C1C(C)C. The number of hydrogen-bond acceptors (Lipinski definition) is 0. The summed E-state index contributed by atoms with van der Waals surface area (Å²) in [7, 11) is 0. The van der Waals surface area contributed by atoms with Gasteiger partial charge in [-0.25, -0.2) is 0 Å². The van der Waals surface area contributed by atoms with Gasteiger partial charge in [-0.3, -0.25) is 0 Å². The van der Waals surface area contributed by atoms with Crippen molar-refractivity contribution in [3.05, 3.63) is 0 Å². The topological polar surface area (TPSA) is 0 Å². The van der Waals surface area contributed by atoms with E-state index in [0.29, 0.717) is 5.41 Å². The van der Waals surface area contributed by atoms with Crippen LogP contribution in [0.4, 0.5) is 0 Å². The van der Waals surface area contributed by atoms with Gasteiger partial charge in [0.1, 0.15) is 0 Å². The number of hydrogen-bond donors (Lipinski definition) is 0. The van der Waals surface area contributed by atoms with E-state index in [0.717, 1.165) is 17.8 Å². The molecule has 1 fully saturated rings. The average Bonchev–Trinajstić information content (AvgIpc) is 1.84. The Morgan fingerprint density at radius 3 is 2.18 bits per heavy atom. The van der Waals surface area contributed by atoms with Crippen molar-refractivity contribution in [1.82, 2.24) is 0 Å². The molecule has 1 rings (SSSR count). The van der Waals surface area contributed by atoms with E-state index in [4.69, 9.17) is 0 Å². The summed E-state index contributed by atoms with van der Waals surface area (Å²) in [4.78, 5) is 0. The van der Waals surface area contributed by atoms with Gasteiger partial charge in [0.25, 0.3) is 0 Å². The van der Waals surface area contributed by atoms with Crippen molar-refractivity contribution in [2.24, 2.45) is 23.2 Å². The van der Waals surface area contributed by atoms with Gasteiger partial charge in [0.2, 0.25) is 0 Å². The molecule has 0 N–H and O–H groups in total. The van der Waals surface area contributed by atoms with Crippen LogP contribution in [0.3, 0.4) is 0 Å². The molecule has 0 aliphatic heterocycles. The molecule has 0 bridgehead atoms. The van der Waals surface area contributed by atoms with E-state index < -0.39 is 0 Å². The zero-order chi connectivity index (χ0) is 8.65. The van der Waals surface area contributed by atoms with Crippen LogP contribution < -0.4 is 0 Å². The van der Waals surface area contributed by atoms with Crippen LogP contribution in [-0.4, -0.2) is 0 Å². The summed E-state index contributed by atoms with van der Waals surface area (Å²) in [5.74, 6) is 2.83. The minimum absolute atomic E-state index is 0.674. The van der Waals surface area contributed by atoms with E-state index in [2.05, 4.69) is 34.6 Å². The number of rotatable bonds is 2. The molecule has 0 amide bonds. The lowest BCUT2D eigenvalue weighted by atomic mass is 9.51. The first kappa shape index (κ1) is 9.09. The summed E-state index contributed by atoms with van der Waals surface area (Å²) >= 11 is 0. The van der Waals surface area contributed by atoms with Gasteiger partial charge in [-0.2, -0.15) is 0 Å². The van der Waals surface area contributed by atoms with Crippen LogP contribution in [0, 0.1) is 23.2 Å². The Kier molecular flexibility index (Phi) is 2.32. The highest BCUT2D eigenvalue weighted by Gasteiger charge is 2.47. The quantitative estimate of drug-likeness (QED) is 0.568. The molecule has 1 saturated carbocycles. The van der Waals surface area contributed by atoms with Gasteiger partial charge in [0, 0.05) is 0 Å². The first-order valence-electron chi connectivity index (χ1n) is 5.01. The Morgan fingerprint density at radius 2 is 2.00 bits per heavy atom. The van der Waals surface area contributed by atoms with Gasteiger partial charge >= 0.3 is 0 Å². The maximum Gasteiger partial charge on any atom is -0.0293 e. The van der Waals surface area contributed by atoms with Gasteiger partial charge in [-0.1, -0.05) is 41.0 Å². The summed E-state index contributed by atoms with van der Waals surface area (Å²) in [6, 6.07) is 0. The van der Waals surface area contributed by atoms with Gasteiger partial charge in [-0.15, -0.1) is 0 Å². The standard InChI is InChI=1S/C11H22/c1-6-11(5)7-9(4)10(11)8(2)3/h8-10H,6-7H2,1-5H3. The van der Waals surface area contributed by atoms with Gasteiger partial charge in [0.15, 0.2) is 0 Å². The van der Waals surface area contributed by atoms with E-state index in [1.807, 2.05) is 0 Å². The van der Waals surface area contributed by atoms with Crippen LogP contribution in [0.1, 0.15) is 47.5 Å². The molecule has 1 aliphatic rings. The second kappa shape index (κ2) is 2.80. The lowest BCUT2D eigenvalue weighted by molar-refractivity contribution is -0.0516. The third-order valence-electron chi connectivity index (χ3n) is 3.73. The maximum atomic E-state index is 2.46. The molecule has 0 radical (unpaired) electrons. The van der Waals surface area contributed by atoms with Crippen molar-refractivity contribution in [2.45, 2.75) is 47.5 Å². The predicted octanol–water partition coefficient (Wildman–Crippen LogP) is 3.71. The fourth-order valence-corrected chi connectivity index (χ4v) is 3.37. The van der Waals surface area contributed by atoms with Crippen LogP contribution in [0.5, 0.6) is 0 Å². The summed E-state index contributed by atoms with van der Waals surface area (Å²) in [5, 5.41) is 0. The summed E-state index contributed by atoms with van der Waals surface area (Å²) < 4.78 is 0. The van der Waals surface area contributed by atoms with Crippen molar-refractivity contribution in [2.75, 3.05) is 0 Å². The fraction of sp³-hybridized carbons (Fsp3) is 1.00. The molecule has 0 aromatic rings. The molecule has 0 heteroatoms. The van der Waals surface area contributed by atoms with Crippen LogP contribution >= 0.6 is 0 Å². The van der Waals surface area contributed by atoms with Crippen molar-refractivity contribution in [3.63, 3.8) is 0 Å². The van der Waals surface area contributed by atoms with Crippen LogP contribution in [-0.2, 0) is 0 Å². The van der Waals surface area contributed by atoms with E-state index in [-0.39, 0.29) is 0 Å². The lowest BCUT2D eigenvalue weighted by Crippen LogP contribution is -2.46. The predicted molar refractivity (Wildman–Crippen MR) is 50.5 cm³/mol. The molecular formula is C11H22. The summed E-state index contributed by atoms with van der Waals surface area (Å²) in [5.41, 5.74) is 0.674. The van der Waals surface area contributed by atoms with E-state index >= 15 is 0 Å². The lowest BCUT2D eigenvalue weighted by Gasteiger charge is -2.54. The van der Waals surface area contributed by atoms with Gasteiger partial charge in [0.05, 0.1) is 0 Å². The normalized spacial score (nSPS) is 44.2. The Morgan fingerprint density at radius 1 is 1.45 bits per heavy atom. The van der Waals surface area contributed by atoms with Gasteiger partial charge < -0.3 is 0 Å². The molecule has 0 aromatic carbocycles. The molecular weight excluding hydrogens is 132 g/mol. The molecule has 0 saturated heterocycles. The monoisotopic (exact) mass is 154 g/mol. The van der Waals surface area contributed by atoms with Crippen molar-refractivity contribution >= 4 is 0 Å². The average molecular weight is 154 g/mol. The first-order valence-corrected chi connectivity index (χ1v) is 5.01. The minimum Gasteiger partial charge on any atom is -0.0649 e. The smallest absolute Gasteiger partial charge is 0.0293 e. The Labute approximate surface area is 71.4 Å². The highest BCUT2D eigenvalue weighted by molar-refractivity contribution is 4.96. The minimum atomic E-state index is 0.674. The largest absolute Gasteiger partial charge is 0.0649 e. The molecule has 0 nitrogen and oxygen atoms in total. The Balaban J connectivity index is 2.61. The zero-order valence-corrected chi connectivity index (χ0v) is 8.65. The molecule has 66 valence electrons. The highest BCUT2D eigenvalue weighted by Crippen LogP contribution is 2.55. The van der Waals surface area contributed by atoms with E-state index in [1.165, 1.54) is 12.8 Å². The molecule has 11 heavy (non-hydrogen) atoms. The molecule has 3 unspecified atom stereocenters. The second-order valence-corrected chi connectivity index (χ2v) is 4.96. The van der Waals surface area contributed by atoms with E-state index in [9.17, 15) is 0 Å². The Hall–Kier alpha value is 0. The summed E-state index contributed by atoms with van der Waals surface area (Å²) in [6.07, 6.45) is 2.81. The van der Waals surface area contributed by atoms with Gasteiger partial charge in [-0.05, 0) is 29.6 Å². The van der Waals surface area contributed by atoms with Crippen molar-refractivity contribution < 1.29 is 0 Å². The summed E-state index contributed by atoms with van der Waals surface area (Å²) in [6.45, 7) is 11.9. The van der Waals surface area contributed by atoms with Crippen LogP contribution in [0.25, 0.3) is 0 Å². The van der Waals surface area contributed by atoms with Crippen molar-refractivity contribution in [3.8, 4) is 0 Å². The zero-order valence-electron chi connectivity index (χ0n) is 8.65. The first-order chi connectivity index (χ1) is 5.01. The van der Waals surface area contributed by atoms with E-state index in [1.54, 1.807) is 0 Å². The molecule has 3 atom stereocenters.